The summed E-state index contributed by atoms with van der Waals surface area (Å²) in [6.45, 7) is 7.25. The summed E-state index contributed by atoms with van der Waals surface area (Å²) < 4.78 is 1.20. The molecule has 1 aromatic carbocycles. The quantitative estimate of drug-likeness (QED) is 0.763. The Balaban J connectivity index is 2.48. The first-order chi connectivity index (χ1) is 9.04. The molecule has 0 spiro atoms. The third-order valence-corrected chi connectivity index (χ3v) is 5.80. The highest BCUT2D eigenvalue weighted by Crippen LogP contribution is 2.36. The second kappa shape index (κ2) is 6.40. The second-order valence-electron chi connectivity index (χ2n) is 4.55. The molecule has 1 nitrogen and oxygen atoms in total. The average Bonchev–Trinajstić information content (AvgIpc) is 2.70. The van der Waals surface area contributed by atoms with Crippen LogP contribution in [0.25, 0.3) is 0 Å². The molecule has 102 valence electrons. The fourth-order valence-electron chi connectivity index (χ4n) is 2.13. The zero-order valence-corrected chi connectivity index (χ0v) is 14.4. The van der Waals surface area contributed by atoms with E-state index in [1.807, 2.05) is 12.1 Å². The third kappa shape index (κ3) is 3.22. The zero-order valence-electron chi connectivity index (χ0n) is 11.3. The average molecular weight is 359 g/mol. The lowest BCUT2D eigenvalue weighted by Crippen LogP contribution is -2.22. The van der Waals surface area contributed by atoms with Gasteiger partial charge in [0.05, 0.1) is 9.83 Å². The molecule has 0 bridgehead atoms. The Kier molecular flexibility index (Phi) is 5.07. The van der Waals surface area contributed by atoms with Crippen LogP contribution in [0.1, 0.15) is 34.5 Å². The normalized spacial score (nSPS) is 12.7. The van der Waals surface area contributed by atoms with Gasteiger partial charge in [0.15, 0.2) is 0 Å². The van der Waals surface area contributed by atoms with E-state index in [0.717, 1.165) is 17.1 Å². The molecule has 1 aromatic heterocycles. The van der Waals surface area contributed by atoms with Crippen LogP contribution < -0.4 is 5.32 Å². The first-order valence-corrected chi connectivity index (χ1v) is 8.27. The number of aryl methyl sites for hydroxylation is 1. The molecule has 1 unspecified atom stereocenters. The van der Waals surface area contributed by atoms with Crippen LogP contribution in [0.15, 0.2) is 28.1 Å². The van der Waals surface area contributed by atoms with Gasteiger partial charge in [-0.25, -0.2) is 0 Å². The van der Waals surface area contributed by atoms with Crippen LogP contribution in [0.5, 0.6) is 0 Å². The minimum absolute atomic E-state index is 0.207. The first-order valence-electron chi connectivity index (χ1n) is 6.28. The molecule has 0 aliphatic heterocycles. The van der Waals surface area contributed by atoms with Crippen LogP contribution in [0.3, 0.4) is 0 Å². The van der Waals surface area contributed by atoms with Crippen LogP contribution in [0.4, 0.5) is 0 Å². The van der Waals surface area contributed by atoms with E-state index in [4.69, 9.17) is 11.6 Å². The molecule has 0 aliphatic carbocycles. The second-order valence-corrected chi connectivity index (χ2v) is 7.36. The molecular formula is C15H17BrClNS. The molecule has 0 saturated carbocycles. The van der Waals surface area contributed by atoms with E-state index in [0.29, 0.717) is 0 Å². The SMILES string of the molecule is CCNC(c1cc(C)c(Br)s1)c1cccc(Cl)c1C. The van der Waals surface area contributed by atoms with Crippen molar-refractivity contribution in [1.82, 2.24) is 5.32 Å². The summed E-state index contributed by atoms with van der Waals surface area (Å²) >= 11 is 11.6. The molecule has 1 atom stereocenters. The maximum atomic E-state index is 6.25. The van der Waals surface area contributed by atoms with Crippen LogP contribution in [0, 0.1) is 13.8 Å². The summed E-state index contributed by atoms with van der Waals surface area (Å²) in [6.07, 6.45) is 0. The van der Waals surface area contributed by atoms with E-state index < -0.39 is 0 Å². The molecule has 0 saturated heterocycles. The van der Waals surface area contributed by atoms with E-state index in [-0.39, 0.29) is 6.04 Å². The smallest absolute Gasteiger partial charge is 0.0731 e. The molecule has 2 aromatic rings. The van der Waals surface area contributed by atoms with Gasteiger partial charge >= 0.3 is 0 Å². The van der Waals surface area contributed by atoms with E-state index in [1.165, 1.54) is 19.8 Å². The number of thiophene rings is 1. The number of hydrogen-bond donors (Lipinski definition) is 1. The van der Waals surface area contributed by atoms with Crippen molar-refractivity contribution in [3.05, 3.63) is 54.6 Å². The van der Waals surface area contributed by atoms with Gasteiger partial charge in [-0.15, -0.1) is 11.3 Å². The Morgan fingerprint density at radius 2 is 2.11 bits per heavy atom. The Hall–Kier alpha value is -0.350. The first kappa shape index (κ1) is 15.0. The Morgan fingerprint density at radius 1 is 1.37 bits per heavy atom. The monoisotopic (exact) mass is 357 g/mol. The van der Waals surface area contributed by atoms with Crippen molar-refractivity contribution >= 4 is 38.9 Å². The van der Waals surface area contributed by atoms with Gasteiger partial charge in [-0.2, -0.15) is 0 Å². The molecule has 0 amide bonds. The molecule has 19 heavy (non-hydrogen) atoms. The van der Waals surface area contributed by atoms with E-state index >= 15 is 0 Å². The lowest BCUT2D eigenvalue weighted by atomic mass is 9.99. The van der Waals surface area contributed by atoms with Crippen molar-refractivity contribution < 1.29 is 0 Å². The summed E-state index contributed by atoms with van der Waals surface area (Å²) in [7, 11) is 0. The van der Waals surface area contributed by atoms with Gasteiger partial charge in [-0.3, -0.25) is 0 Å². The fourth-order valence-corrected chi connectivity index (χ4v) is 3.98. The summed E-state index contributed by atoms with van der Waals surface area (Å²) in [4.78, 5) is 1.32. The number of benzene rings is 1. The van der Waals surface area contributed by atoms with Crippen molar-refractivity contribution in [2.45, 2.75) is 26.8 Å². The van der Waals surface area contributed by atoms with Crippen molar-refractivity contribution in [1.29, 1.82) is 0 Å². The Bertz CT molecular complexity index is 560. The third-order valence-electron chi connectivity index (χ3n) is 3.19. The van der Waals surface area contributed by atoms with Crippen molar-refractivity contribution in [3.63, 3.8) is 0 Å². The molecule has 2 rings (SSSR count). The van der Waals surface area contributed by atoms with Crippen LogP contribution in [0.2, 0.25) is 5.02 Å². The predicted molar refractivity (Wildman–Crippen MR) is 88.5 cm³/mol. The van der Waals surface area contributed by atoms with E-state index in [9.17, 15) is 0 Å². The lowest BCUT2D eigenvalue weighted by Gasteiger charge is -2.19. The predicted octanol–water partition coefficient (Wildman–Crippen LogP) is 5.48. The molecule has 4 heteroatoms. The van der Waals surface area contributed by atoms with Gasteiger partial charge in [0, 0.05) is 9.90 Å². The van der Waals surface area contributed by atoms with Crippen molar-refractivity contribution in [3.8, 4) is 0 Å². The number of rotatable bonds is 4. The van der Waals surface area contributed by atoms with Gasteiger partial charge in [-0.1, -0.05) is 30.7 Å². The van der Waals surface area contributed by atoms with Crippen LogP contribution in [-0.4, -0.2) is 6.54 Å². The van der Waals surface area contributed by atoms with Crippen molar-refractivity contribution in [2.24, 2.45) is 0 Å². The van der Waals surface area contributed by atoms with E-state index in [1.54, 1.807) is 11.3 Å². The number of nitrogens with one attached hydrogen (secondary N) is 1. The highest BCUT2D eigenvalue weighted by molar-refractivity contribution is 9.11. The Morgan fingerprint density at radius 3 is 2.68 bits per heavy atom. The highest BCUT2D eigenvalue weighted by Gasteiger charge is 2.19. The standard InChI is InChI=1S/C15H17BrClNS/c1-4-18-14(13-8-9(2)15(16)19-13)11-6-5-7-12(17)10(11)3/h5-8,14,18H,4H2,1-3H3. The molecule has 1 N–H and O–H groups in total. The molecule has 0 fully saturated rings. The Labute approximate surface area is 132 Å². The van der Waals surface area contributed by atoms with E-state index in [2.05, 4.69) is 54.2 Å². The minimum Gasteiger partial charge on any atom is -0.306 e. The largest absolute Gasteiger partial charge is 0.306 e. The van der Waals surface area contributed by atoms with Gasteiger partial charge in [0.1, 0.15) is 0 Å². The maximum absolute atomic E-state index is 6.25. The molecular weight excluding hydrogens is 342 g/mol. The molecule has 0 radical (unpaired) electrons. The van der Waals surface area contributed by atoms with Gasteiger partial charge in [0.2, 0.25) is 0 Å². The number of halogens is 2. The summed E-state index contributed by atoms with van der Waals surface area (Å²) in [5.41, 5.74) is 3.68. The van der Waals surface area contributed by atoms with Crippen molar-refractivity contribution in [2.75, 3.05) is 6.54 Å². The van der Waals surface area contributed by atoms with Gasteiger partial charge < -0.3 is 5.32 Å². The summed E-state index contributed by atoms with van der Waals surface area (Å²) in [6, 6.07) is 8.56. The zero-order chi connectivity index (χ0) is 14.0. The highest BCUT2D eigenvalue weighted by atomic mass is 79.9. The van der Waals surface area contributed by atoms with Crippen LogP contribution >= 0.6 is 38.9 Å². The van der Waals surface area contributed by atoms with Crippen LogP contribution in [-0.2, 0) is 0 Å². The van der Waals surface area contributed by atoms with Gasteiger partial charge in [0.25, 0.3) is 0 Å². The maximum Gasteiger partial charge on any atom is 0.0731 e. The lowest BCUT2D eigenvalue weighted by molar-refractivity contribution is 0.636. The molecule has 0 aliphatic rings. The summed E-state index contributed by atoms with van der Waals surface area (Å²) in [5.74, 6) is 0. The fraction of sp³-hybridized carbons (Fsp3) is 0.333. The minimum atomic E-state index is 0.207. The number of hydrogen-bond acceptors (Lipinski definition) is 2. The molecule has 1 heterocycles. The topological polar surface area (TPSA) is 12.0 Å². The summed E-state index contributed by atoms with van der Waals surface area (Å²) in [5, 5.41) is 4.38. The van der Waals surface area contributed by atoms with Gasteiger partial charge in [-0.05, 0) is 65.1 Å².